The van der Waals surface area contributed by atoms with Crippen molar-refractivity contribution >= 4 is 11.6 Å². The van der Waals surface area contributed by atoms with Crippen molar-refractivity contribution in [2.24, 2.45) is 0 Å². The highest BCUT2D eigenvalue weighted by atomic mass is 16.5. The predicted molar refractivity (Wildman–Crippen MR) is 91.8 cm³/mol. The first-order chi connectivity index (χ1) is 11.2. The Bertz CT molecular complexity index is 555. The molecule has 1 atom stereocenters. The fourth-order valence-electron chi connectivity index (χ4n) is 3.48. The zero-order chi connectivity index (χ0) is 16.2. The summed E-state index contributed by atoms with van der Waals surface area (Å²) in [5.41, 5.74) is 4.06. The van der Waals surface area contributed by atoms with Gasteiger partial charge < -0.3 is 15.0 Å². The Morgan fingerprint density at radius 1 is 1.30 bits per heavy atom. The van der Waals surface area contributed by atoms with Crippen LogP contribution in [0.5, 0.6) is 0 Å². The summed E-state index contributed by atoms with van der Waals surface area (Å²) in [6.45, 7) is 7.03. The molecule has 1 aromatic carbocycles. The highest BCUT2D eigenvalue weighted by Gasteiger charge is 2.25. The van der Waals surface area contributed by atoms with Gasteiger partial charge in [-0.2, -0.15) is 0 Å². The summed E-state index contributed by atoms with van der Waals surface area (Å²) in [6.07, 6.45) is 1.64. The molecule has 1 aromatic rings. The van der Waals surface area contributed by atoms with Crippen LogP contribution in [-0.2, 0) is 16.0 Å². The van der Waals surface area contributed by atoms with Crippen molar-refractivity contribution in [1.82, 2.24) is 10.2 Å². The number of amides is 1. The van der Waals surface area contributed by atoms with Crippen LogP contribution in [-0.4, -0.2) is 57.2 Å². The standard InChI is InChI=1S/C18H27N3O2/c1-3-18(22)19-13-17(21-8-10-23-11-9-21)14-4-5-16-15(12-14)6-7-20(16)2/h4-5,12,17H,3,6-11,13H2,1-2H3,(H,19,22)/t17-/m1/s1. The monoisotopic (exact) mass is 317 g/mol. The normalized spacial score (nSPS) is 19.5. The second-order valence-electron chi connectivity index (χ2n) is 6.38. The number of benzene rings is 1. The molecule has 5 nitrogen and oxygen atoms in total. The van der Waals surface area contributed by atoms with E-state index in [1.807, 2.05) is 6.92 Å². The molecule has 2 aliphatic heterocycles. The molecular formula is C18H27N3O2. The number of likely N-dealkylation sites (N-methyl/N-ethyl adjacent to an activating group) is 1. The van der Waals surface area contributed by atoms with Crippen LogP contribution in [0.2, 0.25) is 0 Å². The van der Waals surface area contributed by atoms with Crippen LogP contribution >= 0.6 is 0 Å². The van der Waals surface area contributed by atoms with Gasteiger partial charge in [-0.15, -0.1) is 0 Å². The Balaban J connectivity index is 1.80. The maximum Gasteiger partial charge on any atom is 0.219 e. The Hall–Kier alpha value is -1.59. The van der Waals surface area contributed by atoms with Gasteiger partial charge in [-0.1, -0.05) is 19.1 Å². The number of morpholine rings is 1. The summed E-state index contributed by atoms with van der Waals surface area (Å²) in [6, 6.07) is 7.01. The molecule has 0 saturated carbocycles. The third-order valence-electron chi connectivity index (χ3n) is 4.92. The average molecular weight is 317 g/mol. The number of hydrogen-bond acceptors (Lipinski definition) is 4. The molecule has 0 spiro atoms. The van der Waals surface area contributed by atoms with E-state index in [-0.39, 0.29) is 11.9 Å². The summed E-state index contributed by atoms with van der Waals surface area (Å²) < 4.78 is 5.48. The van der Waals surface area contributed by atoms with Crippen LogP contribution in [0.15, 0.2) is 18.2 Å². The smallest absolute Gasteiger partial charge is 0.219 e. The van der Waals surface area contributed by atoms with Gasteiger partial charge >= 0.3 is 0 Å². The van der Waals surface area contributed by atoms with E-state index in [0.29, 0.717) is 13.0 Å². The maximum absolute atomic E-state index is 11.7. The molecule has 0 radical (unpaired) electrons. The summed E-state index contributed by atoms with van der Waals surface area (Å²) in [4.78, 5) is 16.4. The molecule has 2 heterocycles. The minimum absolute atomic E-state index is 0.115. The molecule has 0 unspecified atom stereocenters. The summed E-state index contributed by atoms with van der Waals surface area (Å²) in [5.74, 6) is 0.115. The van der Waals surface area contributed by atoms with Gasteiger partial charge in [0.1, 0.15) is 0 Å². The van der Waals surface area contributed by atoms with E-state index in [1.54, 1.807) is 0 Å². The van der Waals surface area contributed by atoms with Crippen LogP contribution < -0.4 is 10.2 Å². The molecule has 0 bridgehead atoms. The molecule has 0 aromatic heterocycles. The Morgan fingerprint density at radius 2 is 2.09 bits per heavy atom. The van der Waals surface area contributed by atoms with Crippen LogP contribution in [0.25, 0.3) is 0 Å². The fourth-order valence-corrected chi connectivity index (χ4v) is 3.48. The molecule has 3 rings (SSSR count). The predicted octanol–water partition coefficient (Wildman–Crippen LogP) is 1.58. The van der Waals surface area contributed by atoms with E-state index in [1.165, 1.54) is 16.8 Å². The van der Waals surface area contributed by atoms with Crippen molar-refractivity contribution in [3.63, 3.8) is 0 Å². The van der Waals surface area contributed by atoms with Gasteiger partial charge in [-0.05, 0) is 23.6 Å². The van der Waals surface area contributed by atoms with Crippen LogP contribution in [0.3, 0.4) is 0 Å². The maximum atomic E-state index is 11.7. The van der Waals surface area contributed by atoms with Crippen molar-refractivity contribution in [2.75, 3.05) is 51.3 Å². The quantitative estimate of drug-likeness (QED) is 0.895. The second kappa shape index (κ2) is 7.32. The highest BCUT2D eigenvalue weighted by Crippen LogP contribution is 2.31. The molecular weight excluding hydrogens is 290 g/mol. The molecule has 126 valence electrons. The fraction of sp³-hybridized carbons (Fsp3) is 0.611. The lowest BCUT2D eigenvalue weighted by molar-refractivity contribution is -0.121. The van der Waals surface area contributed by atoms with Gasteiger partial charge in [0.05, 0.1) is 19.3 Å². The van der Waals surface area contributed by atoms with Gasteiger partial charge in [0.25, 0.3) is 0 Å². The lowest BCUT2D eigenvalue weighted by Gasteiger charge is -2.35. The topological polar surface area (TPSA) is 44.8 Å². The summed E-state index contributed by atoms with van der Waals surface area (Å²) in [7, 11) is 2.15. The average Bonchev–Trinajstić information content (AvgIpc) is 2.96. The van der Waals surface area contributed by atoms with Gasteiger partial charge in [-0.3, -0.25) is 9.69 Å². The van der Waals surface area contributed by atoms with Crippen molar-refractivity contribution in [1.29, 1.82) is 0 Å². The van der Waals surface area contributed by atoms with E-state index in [0.717, 1.165) is 39.3 Å². The zero-order valence-electron chi connectivity index (χ0n) is 14.2. The lowest BCUT2D eigenvalue weighted by Crippen LogP contribution is -2.43. The van der Waals surface area contributed by atoms with E-state index in [2.05, 4.69) is 40.4 Å². The number of rotatable bonds is 5. The third kappa shape index (κ3) is 3.67. The van der Waals surface area contributed by atoms with E-state index in [4.69, 9.17) is 4.74 Å². The molecule has 1 fully saturated rings. The molecule has 1 amide bonds. The molecule has 1 saturated heterocycles. The van der Waals surface area contributed by atoms with Crippen molar-refractivity contribution < 1.29 is 9.53 Å². The minimum Gasteiger partial charge on any atom is -0.379 e. The number of ether oxygens (including phenoxy) is 1. The van der Waals surface area contributed by atoms with Crippen molar-refractivity contribution in [2.45, 2.75) is 25.8 Å². The highest BCUT2D eigenvalue weighted by molar-refractivity contribution is 5.75. The Kier molecular flexibility index (Phi) is 5.18. The molecule has 23 heavy (non-hydrogen) atoms. The number of carbonyl (C=O) groups excluding carboxylic acids is 1. The second-order valence-corrected chi connectivity index (χ2v) is 6.38. The Labute approximate surface area is 138 Å². The van der Waals surface area contributed by atoms with Gasteiger partial charge in [0.15, 0.2) is 0 Å². The van der Waals surface area contributed by atoms with Crippen LogP contribution in [0.4, 0.5) is 5.69 Å². The van der Waals surface area contributed by atoms with Gasteiger partial charge in [-0.25, -0.2) is 0 Å². The van der Waals surface area contributed by atoms with Crippen molar-refractivity contribution in [3.05, 3.63) is 29.3 Å². The number of anilines is 1. The van der Waals surface area contributed by atoms with Gasteiger partial charge in [0, 0.05) is 45.3 Å². The number of hydrogen-bond donors (Lipinski definition) is 1. The van der Waals surface area contributed by atoms with Gasteiger partial charge in [0.2, 0.25) is 5.91 Å². The first kappa shape index (κ1) is 16.3. The molecule has 0 aliphatic carbocycles. The van der Waals surface area contributed by atoms with Crippen LogP contribution in [0.1, 0.15) is 30.5 Å². The summed E-state index contributed by atoms with van der Waals surface area (Å²) in [5, 5.41) is 3.07. The first-order valence-electron chi connectivity index (χ1n) is 8.61. The molecule has 5 heteroatoms. The van der Waals surface area contributed by atoms with E-state index < -0.39 is 0 Å². The van der Waals surface area contributed by atoms with Crippen LogP contribution in [0, 0.1) is 0 Å². The lowest BCUT2D eigenvalue weighted by atomic mass is 10.0. The number of carbonyl (C=O) groups is 1. The first-order valence-corrected chi connectivity index (χ1v) is 8.61. The van der Waals surface area contributed by atoms with Crippen molar-refractivity contribution in [3.8, 4) is 0 Å². The Morgan fingerprint density at radius 3 is 2.83 bits per heavy atom. The number of nitrogens with zero attached hydrogens (tertiary/aromatic N) is 2. The van der Waals surface area contributed by atoms with E-state index >= 15 is 0 Å². The largest absolute Gasteiger partial charge is 0.379 e. The third-order valence-corrected chi connectivity index (χ3v) is 4.92. The number of nitrogens with one attached hydrogen (secondary N) is 1. The van der Waals surface area contributed by atoms with E-state index in [9.17, 15) is 4.79 Å². The molecule has 2 aliphatic rings. The minimum atomic E-state index is 0.115. The summed E-state index contributed by atoms with van der Waals surface area (Å²) >= 11 is 0. The SMILES string of the molecule is CCC(=O)NC[C@H](c1ccc2c(c1)CCN2C)N1CCOCC1. The molecule has 1 N–H and O–H groups in total. The zero-order valence-corrected chi connectivity index (χ0v) is 14.2. The number of fused-ring (bicyclic) bond motifs is 1.